The fourth-order valence-corrected chi connectivity index (χ4v) is 3.83. The molecule has 2 aromatic carbocycles. The standard InChI is InChI=1S/C18H14N4OS2/c1-11-2-4-12(5-3-11)8-14-10-19-18(24-14)20-17(23)13-6-7-16-15(9-13)21-22-25-16/h2-7,9-10H,8H2,1H3,(H,19,20,23). The van der Waals surface area contributed by atoms with Crippen molar-refractivity contribution >= 4 is 44.1 Å². The van der Waals surface area contributed by atoms with Crippen LogP contribution in [0.4, 0.5) is 5.13 Å². The molecule has 1 N–H and O–H groups in total. The van der Waals surface area contributed by atoms with E-state index in [1.165, 1.54) is 34.0 Å². The molecule has 0 saturated heterocycles. The summed E-state index contributed by atoms with van der Waals surface area (Å²) in [5.74, 6) is -0.189. The van der Waals surface area contributed by atoms with Crippen molar-refractivity contribution in [2.75, 3.05) is 5.32 Å². The minimum atomic E-state index is -0.189. The molecule has 5 nitrogen and oxygen atoms in total. The number of amides is 1. The number of nitrogens with zero attached hydrogens (tertiary/aromatic N) is 3. The van der Waals surface area contributed by atoms with Gasteiger partial charge in [-0.25, -0.2) is 4.98 Å². The van der Waals surface area contributed by atoms with Gasteiger partial charge in [-0.1, -0.05) is 34.3 Å². The van der Waals surface area contributed by atoms with E-state index in [0.29, 0.717) is 10.7 Å². The van der Waals surface area contributed by atoms with Gasteiger partial charge in [-0.15, -0.1) is 16.4 Å². The lowest BCUT2D eigenvalue weighted by molar-refractivity contribution is 0.102. The lowest BCUT2D eigenvalue weighted by Gasteiger charge is -2.01. The summed E-state index contributed by atoms with van der Waals surface area (Å²) in [5, 5.41) is 7.46. The van der Waals surface area contributed by atoms with Crippen molar-refractivity contribution in [3.8, 4) is 0 Å². The summed E-state index contributed by atoms with van der Waals surface area (Å²) < 4.78 is 4.85. The maximum absolute atomic E-state index is 12.4. The van der Waals surface area contributed by atoms with Crippen LogP contribution in [0.25, 0.3) is 10.2 Å². The number of fused-ring (bicyclic) bond motifs is 1. The topological polar surface area (TPSA) is 67.8 Å². The molecule has 0 spiro atoms. The number of rotatable bonds is 4. The van der Waals surface area contributed by atoms with Gasteiger partial charge >= 0.3 is 0 Å². The molecular formula is C18H14N4OS2. The predicted molar refractivity (Wildman–Crippen MR) is 101 cm³/mol. The fourth-order valence-electron chi connectivity index (χ4n) is 2.45. The fraction of sp³-hybridized carbons (Fsp3) is 0.111. The quantitative estimate of drug-likeness (QED) is 0.585. The molecule has 0 unspecified atom stereocenters. The molecule has 1 amide bonds. The van der Waals surface area contributed by atoms with E-state index in [4.69, 9.17) is 0 Å². The van der Waals surface area contributed by atoms with Crippen molar-refractivity contribution in [2.24, 2.45) is 0 Å². The lowest BCUT2D eigenvalue weighted by Crippen LogP contribution is -2.11. The van der Waals surface area contributed by atoms with Crippen molar-refractivity contribution < 1.29 is 4.79 Å². The van der Waals surface area contributed by atoms with E-state index in [0.717, 1.165) is 21.5 Å². The molecule has 7 heteroatoms. The summed E-state index contributed by atoms with van der Waals surface area (Å²) in [6.07, 6.45) is 2.62. The zero-order valence-corrected chi connectivity index (χ0v) is 15.0. The van der Waals surface area contributed by atoms with E-state index in [-0.39, 0.29) is 5.91 Å². The number of thiazole rings is 1. The van der Waals surface area contributed by atoms with Crippen LogP contribution in [0.2, 0.25) is 0 Å². The van der Waals surface area contributed by atoms with Gasteiger partial charge < -0.3 is 0 Å². The Hall–Kier alpha value is -2.64. The molecule has 0 bridgehead atoms. The van der Waals surface area contributed by atoms with Gasteiger partial charge in [0.1, 0.15) is 5.52 Å². The van der Waals surface area contributed by atoms with Crippen molar-refractivity contribution in [1.82, 2.24) is 14.6 Å². The van der Waals surface area contributed by atoms with Crippen LogP contribution in [0.1, 0.15) is 26.4 Å². The SMILES string of the molecule is Cc1ccc(Cc2cnc(NC(=O)c3ccc4snnc4c3)s2)cc1. The third-order valence-electron chi connectivity index (χ3n) is 3.78. The van der Waals surface area contributed by atoms with Gasteiger partial charge in [0.2, 0.25) is 0 Å². The average molecular weight is 366 g/mol. The van der Waals surface area contributed by atoms with Gasteiger partial charge in [-0.05, 0) is 42.2 Å². The third-order valence-corrected chi connectivity index (χ3v) is 5.40. The number of carbonyl (C=O) groups is 1. The first-order chi connectivity index (χ1) is 12.2. The summed E-state index contributed by atoms with van der Waals surface area (Å²) in [5.41, 5.74) is 3.76. The van der Waals surface area contributed by atoms with Gasteiger partial charge in [0.25, 0.3) is 5.91 Å². The van der Waals surface area contributed by atoms with E-state index in [1.54, 1.807) is 12.1 Å². The van der Waals surface area contributed by atoms with Crippen molar-refractivity contribution in [2.45, 2.75) is 13.3 Å². The molecule has 2 heterocycles. The normalized spacial score (nSPS) is 10.9. The van der Waals surface area contributed by atoms with E-state index in [9.17, 15) is 4.79 Å². The molecule has 0 aliphatic carbocycles. The number of carbonyl (C=O) groups excluding carboxylic acids is 1. The maximum atomic E-state index is 12.4. The molecule has 0 aliphatic rings. The third kappa shape index (κ3) is 3.57. The second-order valence-corrected chi connectivity index (χ2v) is 7.60. The van der Waals surface area contributed by atoms with Crippen molar-refractivity contribution in [1.29, 1.82) is 0 Å². The molecule has 25 heavy (non-hydrogen) atoms. The zero-order valence-electron chi connectivity index (χ0n) is 13.4. The molecule has 124 valence electrons. The van der Waals surface area contributed by atoms with E-state index >= 15 is 0 Å². The first-order valence-electron chi connectivity index (χ1n) is 7.71. The largest absolute Gasteiger partial charge is 0.298 e. The van der Waals surface area contributed by atoms with Crippen LogP contribution in [-0.2, 0) is 6.42 Å². The number of aryl methyl sites for hydroxylation is 1. The Morgan fingerprint density at radius 1 is 1.16 bits per heavy atom. The summed E-state index contributed by atoms with van der Waals surface area (Å²) in [7, 11) is 0. The highest BCUT2D eigenvalue weighted by molar-refractivity contribution is 7.15. The number of aromatic nitrogens is 3. The molecule has 0 fully saturated rings. The van der Waals surface area contributed by atoms with Crippen LogP contribution < -0.4 is 5.32 Å². The van der Waals surface area contributed by atoms with Crippen molar-refractivity contribution in [3.63, 3.8) is 0 Å². The second-order valence-electron chi connectivity index (χ2n) is 5.70. The molecule has 0 atom stereocenters. The molecule has 0 radical (unpaired) electrons. The Balaban J connectivity index is 1.46. The number of hydrogen-bond acceptors (Lipinski definition) is 6. The first-order valence-corrected chi connectivity index (χ1v) is 9.30. The van der Waals surface area contributed by atoms with Gasteiger partial charge in [0.05, 0.1) is 4.70 Å². The van der Waals surface area contributed by atoms with Gasteiger partial charge in [-0.2, -0.15) is 0 Å². The zero-order chi connectivity index (χ0) is 17.2. The monoisotopic (exact) mass is 366 g/mol. The average Bonchev–Trinajstić information content (AvgIpc) is 3.25. The highest BCUT2D eigenvalue weighted by Crippen LogP contribution is 2.23. The Morgan fingerprint density at radius 3 is 2.84 bits per heavy atom. The highest BCUT2D eigenvalue weighted by atomic mass is 32.1. The predicted octanol–water partition coefficient (Wildman–Crippen LogP) is 4.30. The van der Waals surface area contributed by atoms with Gasteiger partial charge in [0.15, 0.2) is 5.13 Å². The summed E-state index contributed by atoms with van der Waals surface area (Å²) in [6, 6.07) is 13.8. The molecule has 4 aromatic rings. The Morgan fingerprint density at radius 2 is 2.00 bits per heavy atom. The van der Waals surface area contributed by atoms with Crippen LogP contribution in [-0.4, -0.2) is 20.5 Å². The Bertz CT molecular complexity index is 1040. The number of anilines is 1. The summed E-state index contributed by atoms with van der Waals surface area (Å²) in [6.45, 7) is 2.07. The number of hydrogen-bond donors (Lipinski definition) is 1. The lowest BCUT2D eigenvalue weighted by atomic mass is 10.1. The van der Waals surface area contributed by atoms with Crippen LogP contribution in [0, 0.1) is 6.92 Å². The Labute approximate surface area is 152 Å². The van der Waals surface area contributed by atoms with E-state index < -0.39 is 0 Å². The second kappa shape index (κ2) is 6.70. The van der Waals surface area contributed by atoms with Crippen LogP contribution in [0.15, 0.2) is 48.7 Å². The summed E-state index contributed by atoms with van der Waals surface area (Å²) in [4.78, 5) is 17.8. The van der Waals surface area contributed by atoms with Gasteiger partial charge in [0, 0.05) is 23.1 Å². The Kier molecular flexibility index (Phi) is 4.25. The molecule has 0 aliphatic heterocycles. The van der Waals surface area contributed by atoms with E-state index in [1.807, 2.05) is 12.3 Å². The number of nitrogens with one attached hydrogen (secondary N) is 1. The van der Waals surface area contributed by atoms with Crippen LogP contribution in [0.5, 0.6) is 0 Å². The molecule has 2 aromatic heterocycles. The molecule has 0 saturated carbocycles. The first kappa shape index (κ1) is 15.9. The molecular weight excluding hydrogens is 352 g/mol. The minimum absolute atomic E-state index is 0.189. The number of benzene rings is 2. The van der Waals surface area contributed by atoms with Crippen LogP contribution >= 0.6 is 22.9 Å². The highest BCUT2D eigenvalue weighted by Gasteiger charge is 2.11. The van der Waals surface area contributed by atoms with E-state index in [2.05, 4.69) is 51.1 Å². The summed E-state index contributed by atoms with van der Waals surface area (Å²) >= 11 is 2.80. The van der Waals surface area contributed by atoms with Crippen LogP contribution in [0.3, 0.4) is 0 Å². The van der Waals surface area contributed by atoms with Crippen molar-refractivity contribution in [3.05, 3.63) is 70.2 Å². The smallest absolute Gasteiger partial charge is 0.257 e. The maximum Gasteiger partial charge on any atom is 0.257 e. The minimum Gasteiger partial charge on any atom is -0.298 e. The van der Waals surface area contributed by atoms with Gasteiger partial charge in [-0.3, -0.25) is 10.1 Å². The molecule has 4 rings (SSSR count).